The third-order valence-corrected chi connectivity index (χ3v) is 14.9. The zero-order valence-corrected chi connectivity index (χ0v) is 60.2. The van der Waals surface area contributed by atoms with Crippen molar-refractivity contribution < 1.29 is 65.9 Å². The van der Waals surface area contributed by atoms with Gasteiger partial charge in [-0.25, -0.2) is 65.9 Å². The summed E-state index contributed by atoms with van der Waals surface area (Å²) >= 11 is 38.7. The standard InChI is InChI=1S/7C7H6ClF.4C7H6F2/c1-5-4-6(9)2-3-7(5)8;1-5-4-6(8)2-3-7(5)9;1-5-2-3-6(9)4-7(5)8;1-5-2-3-6(8)4-7(5)9;1-5-6(8)3-2-4-7(5)9;1-5-3-2-4-6(9)7(5)8;1-5-3-2-4-6(8)7(5)9;1-5-2-6(8)4-7(9)3-5;1-5-4-6(8)2-3-7(5)9;1-5-2-3-6(8)4-7(5)9;1-5-6(8)3-2-4-7(5)9/h11*2-4H,1H3. The minimum Gasteiger partial charge on any atom is -0.207 e. The Hall–Kier alpha value is -7.60. The number of rotatable bonds is 0. The van der Waals surface area contributed by atoms with Crippen LogP contribution in [0.25, 0.3) is 0 Å². The van der Waals surface area contributed by atoms with E-state index >= 15 is 0 Å². The van der Waals surface area contributed by atoms with Crippen molar-refractivity contribution in [3.05, 3.63) is 384 Å². The van der Waals surface area contributed by atoms with Crippen molar-refractivity contribution in [2.75, 3.05) is 0 Å². The highest BCUT2D eigenvalue weighted by Gasteiger charge is 2.04. The minimum absolute atomic E-state index is 0.0810. The lowest BCUT2D eigenvalue weighted by Gasteiger charge is -1.95. The molecule has 11 aromatic carbocycles. The molecule has 11 aromatic rings. The van der Waals surface area contributed by atoms with Crippen LogP contribution in [0.3, 0.4) is 0 Å². The van der Waals surface area contributed by atoms with Crippen LogP contribution in [0.2, 0.25) is 35.2 Å². The zero-order chi connectivity index (χ0) is 75.4. The molecule has 0 amide bonds. The van der Waals surface area contributed by atoms with Gasteiger partial charge in [0.1, 0.15) is 87.3 Å². The molecule has 0 spiro atoms. The Morgan fingerprint density at radius 2 is 0.586 bits per heavy atom. The van der Waals surface area contributed by atoms with Gasteiger partial charge in [0.05, 0.1) is 10.0 Å². The Labute approximate surface area is 603 Å². The van der Waals surface area contributed by atoms with Gasteiger partial charge in [0, 0.05) is 48.4 Å². The Morgan fingerprint density at radius 3 is 0.960 bits per heavy atom. The molecule has 0 nitrogen and oxygen atoms in total. The maximum absolute atomic E-state index is 12.6. The molecule has 11 rings (SSSR count). The Morgan fingerprint density at radius 1 is 0.202 bits per heavy atom. The van der Waals surface area contributed by atoms with Crippen LogP contribution in [0.1, 0.15) is 61.2 Å². The van der Waals surface area contributed by atoms with E-state index in [1.54, 1.807) is 122 Å². The summed E-state index contributed by atoms with van der Waals surface area (Å²) in [5.74, 6) is -5.70. The second-order valence-electron chi connectivity index (χ2n) is 20.7. The molecule has 0 unspecified atom stereocenters. The lowest BCUT2D eigenvalue weighted by atomic mass is 10.2. The summed E-state index contributed by atoms with van der Waals surface area (Å²) in [6.45, 7) is 18.3. The first-order valence-corrected chi connectivity index (χ1v) is 31.4. The Kier molecular flexibility index (Phi) is 42.2. The fourth-order valence-electron chi connectivity index (χ4n) is 6.60. The van der Waals surface area contributed by atoms with Gasteiger partial charge in [-0.1, -0.05) is 136 Å². The van der Waals surface area contributed by atoms with Crippen LogP contribution in [0.4, 0.5) is 65.9 Å². The molecule has 0 heterocycles. The second kappa shape index (κ2) is 46.7. The van der Waals surface area contributed by atoms with Gasteiger partial charge in [0.25, 0.3) is 0 Å². The number of benzene rings is 11. The molecule has 99 heavy (non-hydrogen) atoms. The van der Waals surface area contributed by atoms with Crippen molar-refractivity contribution in [1.82, 2.24) is 0 Å². The van der Waals surface area contributed by atoms with E-state index in [1.807, 2.05) is 6.92 Å². The normalized spacial score (nSPS) is 9.67. The average Bonchev–Trinajstić information content (AvgIpc) is 2.22. The van der Waals surface area contributed by atoms with Gasteiger partial charge in [-0.3, -0.25) is 0 Å². The van der Waals surface area contributed by atoms with E-state index in [-0.39, 0.29) is 62.1 Å². The molecule has 0 N–H and O–H groups in total. The third kappa shape index (κ3) is 36.9. The van der Waals surface area contributed by atoms with Crippen LogP contribution in [-0.4, -0.2) is 0 Å². The molecule has 0 aliphatic rings. The molecule has 0 fully saturated rings. The molecule has 0 aromatic heterocycles. The molecule has 0 aliphatic heterocycles. The number of hydrogen-bond acceptors (Lipinski definition) is 0. The fraction of sp³-hybridized carbons (Fsp3) is 0.143. The zero-order valence-electron chi connectivity index (χ0n) is 54.9. The summed E-state index contributed by atoms with van der Waals surface area (Å²) in [5, 5.41) is 3.00. The predicted octanol–water partition coefficient (Wildman–Crippen LogP) is 28.6. The average molecular weight is 1520 g/mol. The summed E-state index contributed by atoms with van der Waals surface area (Å²) in [5.41, 5.74) is 6.26. The quantitative estimate of drug-likeness (QED) is 0.133. The Bertz CT molecular complexity index is 3590. The molecule has 0 saturated heterocycles. The van der Waals surface area contributed by atoms with Crippen molar-refractivity contribution in [2.24, 2.45) is 0 Å². The maximum atomic E-state index is 12.6. The number of aryl methyl sites for hydroxylation is 9. The van der Waals surface area contributed by atoms with Gasteiger partial charge in [0.15, 0.2) is 0 Å². The molecular weight excluding hydrogens is 1460 g/mol. The highest BCUT2D eigenvalue weighted by molar-refractivity contribution is 6.33. The van der Waals surface area contributed by atoms with Crippen LogP contribution in [0.15, 0.2) is 200 Å². The molecule has 0 bridgehead atoms. The predicted molar refractivity (Wildman–Crippen MR) is 377 cm³/mol. The van der Waals surface area contributed by atoms with Gasteiger partial charge in [0.2, 0.25) is 0 Å². The van der Waals surface area contributed by atoms with E-state index < -0.39 is 40.7 Å². The number of halogens is 22. The van der Waals surface area contributed by atoms with Gasteiger partial charge in [-0.2, -0.15) is 0 Å². The van der Waals surface area contributed by atoms with Crippen LogP contribution in [0, 0.1) is 163 Å². The summed E-state index contributed by atoms with van der Waals surface area (Å²) in [4.78, 5) is 0. The van der Waals surface area contributed by atoms with Crippen LogP contribution < -0.4 is 0 Å². The fourth-order valence-corrected chi connectivity index (χ4v) is 7.78. The molecule has 22 heteroatoms. The minimum atomic E-state index is -0.530. The second-order valence-corrected chi connectivity index (χ2v) is 23.6. The molecular formula is C77H66Cl7F15. The van der Waals surface area contributed by atoms with Crippen molar-refractivity contribution in [1.29, 1.82) is 0 Å². The van der Waals surface area contributed by atoms with Gasteiger partial charge in [-0.15, -0.1) is 0 Å². The van der Waals surface area contributed by atoms with Crippen molar-refractivity contribution in [3.63, 3.8) is 0 Å². The van der Waals surface area contributed by atoms with Gasteiger partial charge >= 0.3 is 0 Å². The van der Waals surface area contributed by atoms with E-state index in [9.17, 15) is 65.9 Å². The van der Waals surface area contributed by atoms with E-state index in [0.717, 1.165) is 47.0 Å². The van der Waals surface area contributed by atoms with Crippen LogP contribution >= 0.6 is 81.2 Å². The molecule has 0 aliphatic carbocycles. The molecule has 528 valence electrons. The summed E-state index contributed by atoms with van der Waals surface area (Å²) < 4.78 is 185. The summed E-state index contributed by atoms with van der Waals surface area (Å²) in [7, 11) is 0. The lowest BCUT2D eigenvalue weighted by Crippen LogP contribution is -1.85. The smallest absolute Gasteiger partial charge is 0.144 e. The summed E-state index contributed by atoms with van der Waals surface area (Å²) in [6, 6.07) is 46.2. The van der Waals surface area contributed by atoms with E-state index in [1.165, 1.54) is 117 Å². The third-order valence-electron chi connectivity index (χ3n) is 12.5. The highest BCUT2D eigenvalue weighted by Crippen LogP contribution is 2.21. The van der Waals surface area contributed by atoms with Crippen LogP contribution in [-0.2, 0) is 0 Å². The maximum Gasteiger partial charge on any atom is 0.144 e. The SMILES string of the molecule is Cc1c(F)cccc1Cl.Cc1c(F)cccc1F.Cc1cc(Cl)ccc1F.Cc1cc(F)cc(F)c1.Cc1cc(F)ccc1Cl.Cc1cc(F)ccc1F.Cc1ccc(Cl)cc1F.Cc1ccc(F)cc1Cl.Cc1ccc(F)cc1F.Cc1cccc(Cl)c1F.Cc1cccc(F)c1Cl. The lowest BCUT2D eigenvalue weighted by molar-refractivity contribution is 0.568. The summed E-state index contributed by atoms with van der Waals surface area (Å²) in [6.07, 6.45) is 0. The first-order chi connectivity index (χ1) is 46.2. The van der Waals surface area contributed by atoms with Crippen molar-refractivity contribution >= 4 is 81.2 Å². The monoisotopic (exact) mass is 1520 g/mol. The van der Waals surface area contributed by atoms with Gasteiger partial charge < -0.3 is 0 Å². The first-order valence-electron chi connectivity index (χ1n) is 28.8. The number of hydrogen-bond donors (Lipinski definition) is 0. The Balaban J connectivity index is 0.000000544. The molecule has 0 saturated carbocycles. The van der Waals surface area contributed by atoms with Crippen molar-refractivity contribution in [3.8, 4) is 0 Å². The largest absolute Gasteiger partial charge is 0.207 e. The van der Waals surface area contributed by atoms with Crippen molar-refractivity contribution in [2.45, 2.75) is 76.2 Å². The highest BCUT2D eigenvalue weighted by atomic mass is 35.5. The van der Waals surface area contributed by atoms with E-state index in [2.05, 4.69) is 0 Å². The van der Waals surface area contributed by atoms with E-state index in [4.69, 9.17) is 81.2 Å². The van der Waals surface area contributed by atoms with E-state index in [0.29, 0.717) is 64.1 Å². The molecule has 0 radical (unpaired) electrons. The molecule has 0 atom stereocenters. The first kappa shape index (κ1) is 89.4. The van der Waals surface area contributed by atoms with Gasteiger partial charge in [-0.05, 0) is 260 Å². The van der Waals surface area contributed by atoms with Crippen LogP contribution in [0.5, 0.6) is 0 Å². The topological polar surface area (TPSA) is 0 Å².